The molecule has 164 valence electrons. The molecule has 1 N–H and O–H groups in total. The third kappa shape index (κ3) is 4.77. The third-order valence-electron chi connectivity index (χ3n) is 5.61. The summed E-state index contributed by atoms with van der Waals surface area (Å²) in [5.41, 5.74) is 2.69. The average Bonchev–Trinajstić information content (AvgIpc) is 3.38. The van der Waals surface area contributed by atoms with Crippen LogP contribution in [0, 0.1) is 0 Å². The summed E-state index contributed by atoms with van der Waals surface area (Å²) in [7, 11) is 2.00. The Balaban J connectivity index is 1.28. The van der Waals surface area contributed by atoms with Crippen LogP contribution in [-0.4, -0.2) is 61.8 Å². The van der Waals surface area contributed by atoms with Crippen LogP contribution in [0.3, 0.4) is 0 Å². The standard InChI is InChI=1S/C22H28N6O3/c1-3-28-14-16(13-23-28)24-22(30)19-15-27(11-12-31-19)21(29)10-6-9-20-25-17-7-4-5-8-18(17)26(20)2/h4-5,7-8,13-14,19H,3,6,9-12,15H2,1-2H3,(H,24,30). The largest absolute Gasteiger partial charge is 0.365 e. The van der Waals surface area contributed by atoms with Gasteiger partial charge in [0.1, 0.15) is 5.82 Å². The fourth-order valence-corrected chi connectivity index (χ4v) is 3.83. The number of nitrogens with zero attached hydrogens (tertiary/aromatic N) is 5. The van der Waals surface area contributed by atoms with Crippen LogP contribution in [0.1, 0.15) is 25.6 Å². The molecule has 0 saturated carbocycles. The molecule has 1 aliphatic rings. The molecule has 31 heavy (non-hydrogen) atoms. The van der Waals surface area contributed by atoms with E-state index in [2.05, 4.69) is 20.0 Å². The average molecular weight is 425 g/mol. The first-order valence-electron chi connectivity index (χ1n) is 10.7. The molecular formula is C22H28N6O3. The second-order valence-electron chi connectivity index (χ2n) is 7.70. The molecule has 4 rings (SSSR count). The number of carbonyl (C=O) groups is 2. The zero-order valence-electron chi connectivity index (χ0n) is 18.0. The van der Waals surface area contributed by atoms with Crippen molar-refractivity contribution in [3.8, 4) is 0 Å². The summed E-state index contributed by atoms with van der Waals surface area (Å²) in [6, 6.07) is 8.01. The van der Waals surface area contributed by atoms with E-state index in [-0.39, 0.29) is 18.4 Å². The number of para-hydroxylation sites is 2. The lowest BCUT2D eigenvalue weighted by molar-refractivity contribution is -0.144. The van der Waals surface area contributed by atoms with Gasteiger partial charge in [-0.3, -0.25) is 14.3 Å². The zero-order chi connectivity index (χ0) is 21.8. The van der Waals surface area contributed by atoms with Gasteiger partial charge in [-0.25, -0.2) is 4.98 Å². The number of imidazole rings is 1. The van der Waals surface area contributed by atoms with E-state index in [0.29, 0.717) is 31.7 Å². The molecule has 0 aliphatic carbocycles. The van der Waals surface area contributed by atoms with Gasteiger partial charge in [0, 0.05) is 39.2 Å². The minimum absolute atomic E-state index is 0.0404. The number of nitrogens with one attached hydrogen (secondary N) is 1. The lowest BCUT2D eigenvalue weighted by Crippen LogP contribution is -2.50. The molecule has 1 atom stereocenters. The Morgan fingerprint density at radius 2 is 2.13 bits per heavy atom. The number of rotatable bonds is 7. The summed E-state index contributed by atoms with van der Waals surface area (Å²) < 4.78 is 9.42. The highest BCUT2D eigenvalue weighted by Gasteiger charge is 2.29. The lowest BCUT2D eigenvalue weighted by Gasteiger charge is -2.32. The number of carbonyl (C=O) groups excluding carboxylic acids is 2. The Hall–Kier alpha value is -3.20. The summed E-state index contributed by atoms with van der Waals surface area (Å²) in [4.78, 5) is 31.6. The van der Waals surface area contributed by atoms with Crippen LogP contribution in [0.25, 0.3) is 11.0 Å². The topological polar surface area (TPSA) is 94.3 Å². The van der Waals surface area contributed by atoms with Crippen molar-refractivity contribution in [1.82, 2.24) is 24.2 Å². The van der Waals surface area contributed by atoms with Gasteiger partial charge in [-0.05, 0) is 25.5 Å². The van der Waals surface area contributed by atoms with Crippen molar-refractivity contribution < 1.29 is 14.3 Å². The summed E-state index contributed by atoms with van der Waals surface area (Å²) in [5, 5.41) is 6.96. The maximum absolute atomic E-state index is 12.7. The summed E-state index contributed by atoms with van der Waals surface area (Å²) in [5.74, 6) is 0.757. The third-order valence-corrected chi connectivity index (χ3v) is 5.61. The van der Waals surface area contributed by atoms with Crippen LogP contribution in [0.15, 0.2) is 36.7 Å². The maximum atomic E-state index is 12.7. The van der Waals surface area contributed by atoms with Gasteiger partial charge in [0.2, 0.25) is 5.91 Å². The molecule has 3 aromatic rings. The number of aryl methyl sites for hydroxylation is 3. The van der Waals surface area contributed by atoms with E-state index in [0.717, 1.165) is 29.8 Å². The van der Waals surface area contributed by atoms with Crippen molar-refractivity contribution in [3.63, 3.8) is 0 Å². The second-order valence-corrected chi connectivity index (χ2v) is 7.70. The molecule has 9 nitrogen and oxygen atoms in total. The SMILES string of the molecule is CCn1cc(NC(=O)C2CN(C(=O)CCCc3nc4ccccc4n3C)CCO2)cn1. The second kappa shape index (κ2) is 9.30. The van der Waals surface area contributed by atoms with Crippen LogP contribution < -0.4 is 5.32 Å². The van der Waals surface area contributed by atoms with E-state index in [9.17, 15) is 9.59 Å². The van der Waals surface area contributed by atoms with Gasteiger partial charge in [-0.1, -0.05) is 12.1 Å². The first kappa shape index (κ1) is 21.0. The van der Waals surface area contributed by atoms with Crippen molar-refractivity contribution in [2.75, 3.05) is 25.0 Å². The Labute approximate surface area is 181 Å². The summed E-state index contributed by atoms with van der Waals surface area (Å²) in [6.45, 7) is 3.82. The highest BCUT2D eigenvalue weighted by molar-refractivity contribution is 5.94. The lowest BCUT2D eigenvalue weighted by atomic mass is 10.2. The molecule has 2 aromatic heterocycles. The Morgan fingerprint density at radius 3 is 2.90 bits per heavy atom. The first-order chi connectivity index (χ1) is 15.0. The molecule has 1 unspecified atom stereocenters. The highest BCUT2D eigenvalue weighted by Crippen LogP contribution is 2.17. The molecule has 1 aliphatic heterocycles. The van der Waals surface area contributed by atoms with E-state index in [4.69, 9.17) is 4.74 Å². The van der Waals surface area contributed by atoms with Crippen molar-refractivity contribution in [1.29, 1.82) is 0 Å². The van der Waals surface area contributed by atoms with Gasteiger partial charge in [0.05, 0.1) is 36.1 Å². The number of morpholine rings is 1. The predicted molar refractivity (Wildman–Crippen MR) is 117 cm³/mol. The fraction of sp³-hybridized carbons (Fsp3) is 0.455. The van der Waals surface area contributed by atoms with Crippen LogP contribution in [0.5, 0.6) is 0 Å². The van der Waals surface area contributed by atoms with E-state index in [1.807, 2.05) is 38.2 Å². The summed E-state index contributed by atoms with van der Waals surface area (Å²) in [6.07, 6.45) is 4.55. The quantitative estimate of drug-likeness (QED) is 0.626. The summed E-state index contributed by atoms with van der Waals surface area (Å²) >= 11 is 0. The van der Waals surface area contributed by atoms with Crippen molar-refractivity contribution in [2.24, 2.45) is 7.05 Å². The van der Waals surface area contributed by atoms with Crippen LogP contribution in [0.4, 0.5) is 5.69 Å². The number of hydrogen-bond acceptors (Lipinski definition) is 5. The molecule has 9 heteroatoms. The number of benzene rings is 1. The molecule has 2 amide bonds. The van der Waals surface area contributed by atoms with Gasteiger partial charge < -0.3 is 19.5 Å². The van der Waals surface area contributed by atoms with Crippen LogP contribution >= 0.6 is 0 Å². The number of fused-ring (bicyclic) bond motifs is 1. The Kier molecular flexibility index (Phi) is 6.31. The molecule has 0 spiro atoms. The molecule has 3 heterocycles. The number of ether oxygens (including phenoxy) is 1. The maximum Gasteiger partial charge on any atom is 0.255 e. The van der Waals surface area contributed by atoms with Gasteiger partial charge in [-0.15, -0.1) is 0 Å². The van der Waals surface area contributed by atoms with Gasteiger partial charge in [0.25, 0.3) is 5.91 Å². The van der Waals surface area contributed by atoms with Crippen LogP contribution in [0.2, 0.25) is 0 Å². The number of aromatic nitrogens is 4. The molecule has 0 bridgehead atoms. The van der Waals surface area contributed by atoms with Gasteiger partial charge in [-0.2, -0.15) is 5.10 Å². The number of hydrogen-bond donors (Lipinski definition) is 1. The van der Waals surface area contributed by atoms with Crippen molar-refractivity contribution >= 4 is 28.5 Å². The van der Waals surface area contributed by atoms with E-state index in [1.54, 1.807) is 22.0 Å². The minimum atomic E-state index is -0.678. The van der Waals surface area contributed by atoms with Gasteiger partial charge >= 0.3 is 0 Å². The smallest absolute Gasteiger partial charge is 0.255 e. The van der Waals surface area contributed by atoms with E-state index in [1.165, 1.54) is 0 Å². The molecule has 1 fully saturated rings. The normalized spacial score (nSPS) is 16.6. The predicted octanol–water partition coefficient (Wildman–Crippen LogP) is 1.98. The highest BCUT2D eigenvalue weighted by atomic mass is 16.5. The molecular weight excluding hydrogens is 396 g/mol. The van der Waals surface area contributed by atoms with Crippen LogP contribution in [-0.2, 0) is 34.3 Å². The van der Waals surface area contributed by atoms with E-state index < -0.39 is 6.10 Å². The van der Waals surface area contributed by atoms with Gasteiger partial charge in [0.15, 0.2) is 6.10 Å². The molecule has 1 saturated heterocycles. The molecule has 0 radical (unpaired) electrons. The van der Waals surface area contributed by atoms with E-state index >= 15 is 0 Å². The monoisotopic (exact) mass is 424 g/mol. The Morgan fingerprint density at radius 1 is 1.29 bits per heavy atom. The molecule has 1 aromatic carbocycles. The fourth-order valence-electron chi connectivity index (χ4n) is 3.83. The zero-order valence-corrected chi connectivity index (χ0v) is 18.0. The minimum Gasteiger partial charge on any atom is -0.365 e. The number of anilines is 1. The van der Waals surface area contributed by atoms with Crippen molar-refractivity contribution in [2.45, 2.75) is 38.8 Å². The van der Waals surface area contributed by atoms with Crippen molar-refractivity contribution in [3.05, 3.63) is 42.5 Å². The number of amides is 2. The first-order valence-corrected chi connectivity index (χ1v) is 10.7. The Bertz CT molecular complexity index is 1070.